The summed E-state index contributed by atoms with van der Waals surface area (Å²) in [4.78, 5) is 18.0. The smallest absolute Gasteiger partial charge is 0.251 e. The van der Waals surface area contributed by atoms with Crippen LogP contribution in [-0.4, -0.2) is 19.6 Å². The van der Waals surface area contributed by atoms with Gasteiger partial charge in [-0.2, -0.15) is 5.10 Å². The third-order valence-electron chi connectivity index (χ3n) is 2.16. The van der Waals surface area contributed by atoms with Crippen molar-refractivity contribution < 1.29 is 0 Å². The number of aromatic nitrogens is 4. The Morgan fingerprint density at radius 3 is 3.20 bits per heavy atom. The first-order valence-electron chi connectivity index (χ1n) is 4.27. The molecule has 15 heavy (non-hydrogen) atoms. The van der Waals surface area contributed by atoms with Crippen molar-refractivity contribution in [1.82, 2.24) is 19.6 Å². The van der Waals surface area contributed by atoms with E-state index in [-0.39, 0.29) is 5.56 Å². The van der Waals surface area contributed by atoms with Gasteiger partial charge in [-0.15, -0.1) is 0 Å². The van der Waals surface area contributed by atoms with Crippen LogP contribution in [0.4, 0.5) is 0 Å². The first-order chi connectivity index (χ1) is 7.24. The van der Waals surface area contributed by atoms with Crippen LogP contribution in [0.5, 0.6) is 0 Å². The Hall–Kier alpha value is -1.69. The lowest BCUT2D eigenvalue weighted by molar-refractivity contribution is 0.946. The number of aromatic amines is 1. The number of hydrogen-bond acceptors (Lipinski definition) is 3. The van der Waals surface area contributed by atoms with E-state index in [1.165, 1.54) is 6.07 Å². The average Bonchev–Trinajstić information content (AvgIpc) is 2.56. The molecule has 0 saturated heterocycles. The molecular formula is C9H5BrN4O. The molecular weight excluding hydrogens is 260 g/mol. The van der Waals surface area contributed by atoms with Crippen LogP contribution in [0.2, 0.25) is 0 Å². The van der Waals surface area contributed by atoms with E-state index in [2.05, 4.69) is 31.0 Å². The van der Waals surface area contributed by atoms with Gasteiger partial charge in [0.1, 0.15) is 15.8 Å². The summed E-state index contributed by atoms with van der Waals surface area (Å²) < 4.78 is 2.34. The van der Waals surface area contributed by atoms with E-state index in [9.17, 15) is 4.79 Å². The Balaban J connectivity index is 2.60. The quantitative estimate of drug-likeness (QED) is 0.624. The van der Waals surface area contributed by atoms with Gasteiger partial charge in [-0.1, -0.05) is 0 Å². The summed E-state index contributed by atoms with van der Waals surface area (Å²) in [5.74, 6) is 0. The van der Waals surface area contributed by atoms with Crippen molar-refractivity contribution in [1.29, 1.82) is 0 Å². The summed E-state index contributed by atoms with van der Waals surface area (Å²) in [6.45, 7) is 0. The van der Waals surface area contributed by atoms with Crippen molar-refractivity contribution in [2.24, 2.45) is 0 Å². The molecule has 5 nitrogen and oxygen atoms in total. The molecule has 3 heterocycles. The highest BCUT2D eigenvalue weighted by molar-refractivity contribution is 9.10. The Bertz CT molecular complexity index is 715. The zero-order chi connectivity index (χ0) is 10.4. The summed E-state index contributed by atoms with van der Waals surface area (Å²) in [6, 6.07) is 3.26. The highest BCUT2D eigenvalue weighted by atomic mass is 79.9. The van der Waals surface area contributed by atoms with E-state index in [4.69, 9.17) is 0 Å². The van der Waals surface area contributed by atoms with Crippen LogP contribution in [0.1, 0.15) is 0 Å². The number of nitrogens with zero attached hydrogens (tertiary/aromatic N) is 3. The van der Waals surface area contributed by atoms with E-state index in [0.29, 0.717) is 5.65 Å². The molecule has 3 aromatic heterocycles. The maximum atomic E-state index is 11.2. The molecule has 0 atom stereocenters. The largest absolute Gasteiger partial charge is 0.306 e. The fourth-order valence-electron chi connectivity index (χ4n) is 1.51. The molecule has 0 amide bonds. The minimum atomic E-state index is -0.141. The second kappa shape index (κ2) is 2.90. The number of fused-ring (bicyclic) bond motifs is 3. The molecule has 0 aliphatic rings. The van der Waals surface area contributed by atoms with Crippen molar-refractivity contribution in [2.45, 2.75) is 0 Å². The minimum Gasteiger partial charge on any atom is -0.306 e. The molecule has 0 radical (unpaired) electrons. The Morgan fingerprint density at radius 2 is 2.33 bits per heavy atom. The number of rotatable bonds is 0. The Labute approximate surface area is 91.9 Å². The number of halogens is 1. The predicted octanol–water partition coefficient (Wildman–Crippen LogP) is 1.33. The first-order valence-corrected chi connectivity index (χ1v) is 5.06. The van der Waals surface area contributed by atoms with Crippen LogP contribution in [-0.2, 0) is 0 Å². The molecule has 1 N–H and O–H groups in total. The molecule has 3 aromatic rings. The van der Waals surface area contributed by atoms with Crippen molar-refractivity contribution in [3.05, 3.63) is 39.5 Å². The summed E-state index contributed by atoms with van der Waals surface area (Å²) >= 11 is 3.28. The predicted molar refractivity (Wildman–Crippen MR) is 58.8 cm³/mol. The molecule has 0 spiro atoms. The standard InChI is InChI=1S/C9H5BrN4O/c10-7-3-5-6(4-11-7)13-14-2-1-8(15)12-9(5)14/h1-4H,(H,12,15). The van der Waals surface area contributed by atoms with Gasteiger partial charge in [-0.05, 0) is 22.0 Å². The zero-order valence-electron chi connectivity index (χ0n) is 7.44. The first kappa shape index (κ1) is 8.60. The van der Waals surface area contributed by atoms with E-state index in [1.807, 2.05) is 6.07 Å². The van der Waals surface area contributed by atoms with Crippen LogP contribution in [0.25, 0.3) is 16.6 Å². The van der Waals surface area contributed by atoms with Crippen LogP contribution < -0.4 is 5.56 Å². The fourth-order valence-corrected chi connectivity index (χ4v) is 1.84. The average molecular weight is 265 g/mol. The SMILES string of the molecule is O=c1ccn2nc3cnc(Br)cc3c2[nH]1. The van der Waals surface area contributed by atoms with Gasteiger partial charge in [-0.25, -0.2) is 9.50 Å². The number of nitrogens with one attached hydrogen (secondary N) is 1. The van der Waals surface area contributed by atoms with E-state index < -0.39 is 0 Å². The van der Waals surface area contributed by atoms with Gasteiger partial charge in [0.15, 0.2) is 0 Å². The van der Waals surface area contributed by atoms with E-state index in [1.54, 1.807) is 16.9 Å². The van der Waals surface area contributed by atoms with Crippen molar-refractivity contribution >= 4 is 32.5 Å². The second-order valence-corrected chi connectivity index (χ2v) is 3.93. The van der Waals surface area contributed by atoms with Gasteiger partial charge in [-0.3, -0.25) is 4.79 Å². The lowest BCUT2D eigenvalue weighted by Crippen LogP contribution is -2.05. The molecule has 3 rings (SSSR count). The number of pyridine rings is 1. The van der Waals surface area contributed by atoms with E-state index in [0.717, 1.165) is 15.5 Å². The fraction of sp³-hybridized carbons (Fsp3) is 0. The summed E-state index contributed by atoms with van der Waals surface area (Å²) in [5, 5.41) is 5.13. The Kier molecular flexibility index (Phi) is 1.66. The molecule has 74 valence electrons. The van der Waals surface area contributed by atoms with Gasteiger partial charge in [0.25, 0.3) is 5.56 Å². The normalized spacial score (nSPS) is 11.3. The van der Waals surface area contributed by atoms with Gasteiger partial charge in [0, 0.05) is 17.6 Å². The van der Waals surface area contributed by atoms with Gasteiger partial charge in [0.05, 0.1) is 6.20 Å². The second-order valence-electron chi connectivity index (χ2n) is 3.12. The van der Waals surface area contributed by atoms with Crippen LogP contribution in [0.3, 0.4) is 0 Å². The molecule has 0 fully saturated rings. The monoisotopic (exact) mass is 264 g/mol. The molecule has 0 aliphatic heterocycles. The summed E-state index contributed by atoms with van der Waals surface area (Å²) in [5.41, 5.74) is 1.29. The van der Waals surface area contributed by atoms with Crippen molar-refractivity contribution in [3.63, 3.8) is 0 Å². The third-order valence-corrected chi connectivity index (χ3v) is 2.59. The maximum absolute atomic E-state index is 11.2. The summed E-state index contributed by atoms with van der Waals surface area (Å²) in [7, 11) is 0. The Morgan fingerprint density at radius 1 is 1.47 bits per heavy atom. The highest BCUT2D eigenvalue weighted by Crippen LogP contribution is 2.19. The molecule has 0 aromatic carbocycles. The van der Waals surface area contributed by atoms with Crippen molar-refractivity contribution in [2.75, 3.05) is 0 Å². The highest BCUT2D eigenvalue weighted by Gasteiger charge is 2.05. The molecule has 0 bridgehead atoms. The van der Waals surface area contributed by atoms with Gasteiger partial charge in [0.2, 0.25) is 0 Å². The van der Waals surface area contributed by atoms with Gasteiger partial charge < -0.3 is 4.98 Å². The van der Waals surface area contributed by atoms with Gasteiger partial charge >= 0.3 is 0 Å². The third kappa shape index (κ3) is 1.25. The topological polar surface area (TPSA) is 63.1 Å². The molecule has 0 saturated carbocycles. The van der Waals surface area contributed by atoms with Crippen LogP contribution >= 0.6 is 15.9 Å². The van der Waals surface area contributed by atoms with Crippen molar-refractivity contribution in [3.8, 4) is 0 Å². The van der Waals surface area contributed by atoms with Crippen LogP contribution in [0.15, 0.2) is 33.9 Å². The lowest BCUT2D eigenvalue weighted by atomic mass is 10.3. The van der Waals surface area contributed by atoms with E-state index >= 15 is 0 Å². The number of hydrogen-bond donors (Lipinski definition) is 1. The molecule has 0 aliphatic carbocycles. The maximum Gasteiger partial charge on any atom is 0.251 e. The minimum absolute atomic E-state index is 0.141. The molecule has 6 heteroatoms. The lowest BCUT2D eigenvalue weighted by Gasteiger charge is -1.91. The summed E-state index contributed by atoms with van der Waals surface area (Å²) in [6.07, 6.45) is 3.28. The zero-order valence-corrected chi connectivity index (χ0v) is 9.02. The number of H-pyrrole nitrogens is 1. The van der Waals surface area contributed by atoms with Crippen LogP contribution in [0, 0.1) is 0 Å². The molecule has 0 unspecified atom stereocenters.